The second-order valence-corrected chi connectivity index (χ2v) is 6.76. The lowest BCUT2D eigenvalue weighted by molar-refractivity contribution is 0.589. The van der Waals surface area contributed by atoms with E-state index in [9.17, 15) is 4.39 Å². The van der Waals surface area contributed by atoms with Gasteiger partial charge in [-0.1, -0.05) is 44.9 Å². The molecule has 1 heterocycles. The number of thiazole rings is 1. The van der Waals surface area contributed by atoms with Crippen molar-refractivity contribution in [3.8, 4) is 10.6 Å². The highest BCUT2D eigenvalue weighted by atomic mass is 35.5. The van der Waals surface area contributed by atoms with E-state index >= 15 is 0 Å². The number of halogens is 2. The Balaban J connectivity index is 2.38. The largest absolute Gasteiger partial charge is 0.310 e. The fourth-order valence-corrected chi connectivity index (χ4v) is 3.49. The maximum Gasteiger partial charge on any atom is 0.134 e. The molecular formula is C16H20ClFN2S. The van der Waals surface area contributed by atoms with Crippen molar-refractivity contribution in [3.05, 3.63) is 39.6 Å². The molecule has 1 aromatic heterocycles. The van der Waals surface area contributed by atoms with E-state index in [1.165, 1.54) is 22.3 Å². The minimum atomic E-state index is -0.317. The summed E-state index contributed by atoms with van der Waals surface area (Å²) in [6.07, 6.45) is 1.92. The first-order chi connectivity index (χ1) is 10.0. The van der Waals surface area contributed by atoms with Crippen LogP contribution in [0, 0.1) is 5.82 Å². The third-order valence-corrected chi connectivity index (χ3v) is 4.54. The van der Waals surface area contributed by atoms with Gasteiger partial charge in [0.1, 0.15) is 10.8 Å². The van der Waals surface area contributed by atoms with Crippen molar-refractivity contribution in [1.29, 1.82) is 0 Å². The lowest BCUT2D eigenvalue weighted by Gasteiger charge is -2.07. The van der Waals surface area contributed by atoms with Crippen LogP contribution < -0.4 is 5.32 Å². The van der Waals surface area contributed by atoms with Crippen LogP contribution in [-0.2, 0) is 13.0 Å². The Labute approximate surface area is 134 Å². The maximum absolute atomic E-state index is 14.0. The van der Waals surface area contributed by atoms with Gasteiger partial charge in [0.2, 0.25) is 0 Å². The average molecular weight is 327 g/mol. The molecule has 2 aromatic rings. The number of nitrogens with zero attached hydrogens (tertiary/aromatic N) is 1. The Morgan fingerprint density at radius 1 is 1.38 bits per heavy atom. The van der Waals surface area contributed by atoms with Gasteiger partial charge < -0.3 is 5.32 Å². The number of hydrogen-bond acceptors (Lipinski definition) is 3. The van der Waals surface area contributed by atoms with Crippen LogP contribution in [0.5, 0.6) is 0 Å². The second kappa shape index (κ2) is 7.34. The van der Waals surface area contributed by atoms with Crippen LogP contribution in [0.4, 0.5) is 4.39 Å². The fourth-order valence-electron chi connectivity index (χ4n) is 2.06. The molecule has 0 aliphatic carbocycles. The highest BCUT2D eigenvalue weighted by Gasteiger charge is 2.17. The van der Waals surface area contributed by atoms with Gasteiger partial charge in [-0.25, -0.2) is 9.37 Å². The zero-order valence-electron chi connectivity index (χ0n) is 12.5. The quantitative estimate of drug-likeness (QED) is 0.803. The predicted molar refractivity (Wildman–Crippen MR) is 88.5 cm³/mol. The lowest BCUT2D eigenvalue weighted by Crippen LogP contribution is -2.21. The molecule has 0 radical (unpaired) electrons. The molecule has 1 aromatic carbocycles. The molecule has 0 aliphatic rings. The SMILES string of the molecule is CCCc1nc(-c2c(F)cccc2Cl)sc1CNC(C)C. The van der Waals surface area contributed by atoms with Gasteiger partial charge in [-0.05, 0) is 18.6 Å². The van der Waals surface area contributed by atoms with Gasteiger partial charge >= 0.3 is 0 Å². The smallest absolute Gasteiger partial charge is 0.134 e. The molecule has 0 bridgehead atoms. The first-order valence-electron chi connectivity index (χ1n) is 7.19. The molecular weight excluding hydrogens is 307 g/mol. The van der Waals surface area contributed by atoms with Crippen LogP contribution >= 0.6 is 22.9 Å². The zero-order chi connectivity index (χ0) is 15.4. The number of rotatable bonds is 6. The molecule has 1 N–H and O–H groups in total. The van der Waals surface area contributed by atoms with E-state index in [1.807, 2.05) is 0 Å². The summed E-state index contributed by atoms with van der Waals surface area (Å²) in [4.78, 5) is 5.79. The van der Waals surface area contributed by atoms with Gasteiger partial charge in [-0.2, -0.15) is 0 Å². The highest BCUT2D eigenvalue weighted by molar-refractivity contribution is 7.15. The molecule has 21 heavy (non-hydrogen) atoms. The van der Waals surface area contributed by atoms with Crippen molar-refractivity contribution in [2.24, 2.45) is 0 Å². The first-order valence-corrected chi connectivity index (χ1v) is 8.38. The normalized spacial score (nSPS) is 11.3. The first kappa shape index (κ1) is 16.4. The Kier molecular flexibility index (Phi) is 5.73. The fraction of sp³-hybridized carbons (Fsp3) is 0.438. The van der Waals surface area contributed by atoms with E-state index in [4.69, 9.17) is 11.6 Å². The molecule has 0 unspecified atom stereocenters. The van der Waals surface area contributed by atoms with Crippen LogP contribution in [0.15, 0.2) is 18.2 Å². The van der Waals surface area contributed by atoms with E-state index in [0.717, 1.165) is 25.1 Å². The molecule has 2 nitrogen and oxygen atoms in total. The monoisotopic (exact) mass is 326 g/mol. The van der Waals surface area contributed by atoms with Crippen LogP contribution in [0.2, 0.25) is 5.02 Å². The number of aryl methyl sites for hydroxylation is 1. The molecule has 0 atom stereocenters. The number of nitrogens with one attached hydrogen (secondary N) is 1. The third-order valence-electron chi connectivity index (χ3n) is 3.11. The third kappa shape index (κ3) is 4.02. The Hall–Kier alpha value is -0.970. The molecule has 5 heteroatoms. The summed E-state index contributed by atoms with van der Waals surface area (Å²) in [5.41, 5.74) is 1.46. The minimum Gasteiger partial charge on any atom is -0.310 e. The van der Waals surface area contributed by atoms with Gasteiger partial charge in [-0.15, -0.1) is 11.3 Å². The topological polar surface area (TPSA) is 24.9 Å². The van der Waals surface area contributed by atoms with Gasteiger partial charge in [0.05, 0.1) is 16.3 Å². The van der Waals surface area contributed by atoms with Crippen LogP contribution in [0.1, 0.15) is 37.8 Å². The Morgan fingerprint density at radius 2 is 2.14 bits per heavy atom. The standard InChI is InChI=1S/C16H20ClFN2S/c1-4-6-13-14(9-19-10(2)3)21-16(20-13)15-11(17)7-5-8-12(15)18/h5,7-8,10,19H,4,6,9H2,1-3H3. The van der Waals surface area contributed by atoms with Crippen molar-refractivity contribution >= 4 is 22.9 Å². The van der Waals surface area contributed by atoms with Crippen LogP contribution in [0.25, 0.3) is 10.6 Å². The molecule has 2 rings (SSSR count). The van der Waals surface area contributed by atoms with E-state index in [1.54, 1.807) is 12.1 Å². The number of hydrogen-bond donors (Lipinski definition) is 1. The van der Waals surface area contributed by atoms with Crippen molar-refractivity contribution < 1.29 is 4.39 Å². The van der Waals surface area contributed by atoms with E-state index < -0.39 is 0 Å². The molecule has 0 fully saturated rings. The van der Waals surface area contributed by atoms with E-state index in [0.29, 0.717) is 21.6 Å². The second-order valence-electron chi connectivity index (χ2n) is 5.27. The molecule has 0 saturated heterocycles. The minimum absolute atomic E-state index is 0.317. The zero-order valence-corrected chi connectivity index (χ0v) is 14.1. The summed E-state index contributed by atoms with van der Waals surface area (Å²) in [6, 6.07) is 5.14. The summed E-state index contributed by atoms with van der Waals surface area (Å²) in [7, 11) is 0. The molecule has 0 amide bonds. The van der Waals surface area contributed by atoms with Crippen molar-refractivity contribution in [3.63, 3.8) is 0 Å². The number of benzene rings is 1. The summed E-state index contributed by atoms with van der Waals surface area (Å²) < 4.78 is 14.0. The highest BCUT2D eigenvalue weighted by Crippen LogP contribution is 2.35. The van der Waals surface area contributed by atoms with Crippen molar-refractivity contribution in [2.45, 2.75) is 46.2 Å². The number of aromatic nitrogens is 1. The van der Waals surface area contributed by atoms with Crippen LogP contribution in [0.3, 0.4) is 0 Å². The average Bonchev–Trinajstić information content (AvgIpc) is 2.79. The van der Waals surface area contributed by atoms with Crippen LogP contribution in [-0.4, -0.2) is 11.0 Å². The Morgan fingerprint density at radius 3 is 2.76 bits per heavy atom. The lowest BCUT2D eigenvalue weighted by atomic mass is 10.2. The molecule has 0 spiro atoms. The predicted octanol–water partition coefficient (Wildman–Crippen LogP) is 5.05. The van der Waals surface area contributed by atoms with Crippen molar-refractivity contribution in [1.82, 2.24) is 10.3 Å². The van der Waals surface area contributed by atoms with E-state index in [-0.39, 0.29) is 5.82 Å². The van der Waals surface area contributed by atoms with Gasteiger partial charge in [0.25, 0.3) is 0 Å². The summed E-state index contributed by atoms with van der Waals surface area (Å²) in [5.74, 6) is -0.317. The van der Waals surface area contributed by atoms with Gasteiger partial charge in [0, 0.05) is 17.5 Å². The van der Waals surface area contributed by atoms with Crippen molar-refractivity contribution in [2.75, 3.05) is 0 Å². The summed E-state index contributed by atoms with van der Waals surface area (Å²) in [6.45, 7) is 7.09. The summed E-state index contributed by atoms with van der Waals surface area (Å²) in [5, 5.41) is 4.48. The van der Waals surface area contributed by atoms with E-state index in [2.05, 4.69) is 31.1 Å². The van der Waals surface area contributed by atoms with Gasteiger partial charge in [-0.3, -0.25) is 0 Å². The Bertz CT molecular complexity index is 590. The maximum atomic E-state index is 14.0. The van der Waals surface area contributed by atoms with Gasteiger partial charge in [0.15, 0.2) is 0 Å². The molecule has 0 aliphatic heterocycles. The molecule has 114 valence electrons. The molecule has 0 saturated carbocycles. The summed E-state index contributed by atoms with van der Waals surface area (Å²) >= 11 is 7.67.